The van der Waals surface area contributed by atoms with Crippen LogP contribution in [-0.2, 0) is 23.0 Å². The van der Waals surface area contributed by atoms with Crippen molar-refractivity contribution in [2.45, 2.75) is 44.4 Å². The monoisotopic (exact) mass is 449 g/mol. The lowest BCUT2D eigenvalue weighted by molar-refractivity contribution is 0.465. The third-order valence-corrected chi connectivity index (χ3v) is 7.94. The second-order valence-corrected chi connectivity index (χ2v) is 15.9. The highest BCUT2D eigenvalue weighted by atomic mass is 32.2. The largest absolute Gasteiger partial charge is 0.266 e. The molecule has 31 heavy (non-hydrogen) atoms. The van der Waals surface area contributed by atoms with Crippen molar-refractivity contribution >= 4 is 18.1 Å². The number of benzene rings is 3. The Kier molecular flexibility index (Phi) is 7.18. The molecule has 3 rings (SSSR count). The van der Waals surface area contributed by atoms with Crippen molar-refractivity contribution in [2.24, 2.45) is 0 Å². The number of rotatable bonds is 8. The molecule has 162 valence electrons. The molecule has 0 fully saturated rings. The first-order chi connectivity index (χ1) is 14.6. The summed E-state index contributed by atoms with van der Waals surface area (Å²) in [5.41, 5.74) is 6.16. The molecular weight excluding hydrogens is 418 g/mol. The summed E-state index contributed by atoms with van der Waals surface area (Å²) in [5.74, 6) is 0. The van der Waals surface area contributed by atoms with Crippen LogP contribution in [0.15, 0.2) is 101 Å². The van der Waals surface area contributed by atoms with E-state index in [-0.39, 0.29) is 0 Å². The van der Waals surface area contributed by atoms with Crippen LogP contribution in [0.2, 0.25) is 19.6 Å². The first-order valence-corrected chi connectivity index (χ1v) is 15.6. The number of nitrogens with zero attached hydrogens (tertiary/aromatic N) is 1. The van der Waals surface area contributed by atoms with Crippen molar-refractivity contribution in [1.82, 2.24) is 4.31 Å². The van der Waals surface area contributed by atoms with Gasteiger partial charge in [-0.3, -0.25) is 4.31 Å². The third kappa shape index (κ3) is 6.42. The van der Waals surface area contributed by atoms with Crippen molar-refractivity contribution in [3.05, 3.63) is 113 Å². The molecular formula is C26H31NO2SSi. The Morgan fingerprint density at radius 1 is 0.806 bits per heavy atom. The van der Waals surface area contributed by atoms with Crippen LogP contribution >= 0.6 is 0 Å². The summed E-state index contributed by atoms with van der Waals surface area (Å²) >= 11 is 0. The third-order valence-electron chi connectivity index (χ3n) is 4.93. The molecule has 0 radical (unpaired) electrons. The number of hydrogen-bond acceptors (Lipinski definition) is 2. The van der Waals surface area contributed by atoms with Gasteiger partial charge in [-0.15, -0.1) is 0 Å². The Morgan fingerprint density at radius 3 is 1.84 bits per heavy atom. The van der Waals surface area contributed by atoms with Gasteiger partial charge in [-0.1, -0.05) is 104 Å². The SMILES string of the molecule is Cc1ccc(S(=O)(=O)N(Cc2ccccc2)/C(=C/[Si](C)(C)C)Cc2ccccc2)cc1. The molecule has 0 aliphatic rings. The average molecular weight is 450 g/mol. The molecule has 0 saturated heterocycles. The summed E-state index contributed by atoms with van der Waals surface area (Å²) in [5, 5.41) is 0. The van der Waals surface area contributed by atoms with E-state index in [2.05, 4.69) is 37.5 Å². The molecule has 0 atom stereocenters. The highest BCUT2D eigenvalue weighted by molar-refractivity contribution is 7.89. The van der Waals surface area contributed by atoms with Gasteiger partial charge in [0.1, 0.15) is 0 Å². The van der Waals surface area contributed by atoms with Gasteiger partial charge in [0.15, 0.2) is 0 Å². The lowest BCUT2D eigenvalue weighted by Crippen LogP contribution is -2.33. The predicted molar refractivity (Wildman–Crippen MR) is 132 cm³/mol. The predicted octanol–water partition coefficient (Wildman–Crippen LogP) is 6.19. The van der Waals surface area contributed by atoms with E-state index >= 15 is 0 Å². The maximum absolute atomic E-state index is 13.9. The molecule has 0 N–H and O–H groups in total. The van der Waals surface area contributed by atoms with E-state index in [1.54, 1.807) is 16.4 Å². The molecule has 0 aliphatic heterocycles. The lowest BCUT2D eigenvalue weighted by Gasteiger charge is -2.29. The van der Waals surface area contributed by atoms with Gasteiger partial charge in [0.05, 0.1) is 19.5 Å². The van der Waals surface area contributed by atoms with Gasteiger partial charge in [-0.2, -0.15) is 0 Å². The Bertz CT molecular complexity index is 1120. The van der Waals surface area contributed by atoms with Crippen LogP contribution in [0.3, 0.4) is 0 Å². The average Bonchev–Trinajstić information content (AvgIpc) is 2.72. The molecule has 0 heterocycles. The molecule has 0 bridgehead atoms. The van der Waals surface area contributed by atoms with Gasteiger partial charge in [-0.25, -0.2) is 8.42 Å². The van der Waals surface area contributed by atoms with Gasteiger partial charge >= 0.3 is 0 Å². The van der Waals surface area contributed by atoms with Crippen LogP contribution in [0, 0.1) is 6.92 Å². The fourth-order valence-electron chi connectivity index (χ4n) is 3.44. The highest BCUT2D eigenvalue weighted by Crippen LogP contribution is 2.27. The van der Waals surface area contributed by atoms with Crippen LogP contribution in [0.5, 0.6) is 0 Å². The molecule has 0 aromatic heterocycles. The number of sulfonamides is 1. The zero-order valence-electron chi connectivity index (χ0n) is 18.7. The van der Waals surface area contributed by atoms with Gasteiger partial charge < -0.3 is 0 Å². The normalized spacial score (nSPS) is 12.6. The number of hydrogen-bond donors (Lipinski definition) is 0. The fraction of sp³-hybridized carbons (Fsp3) is 0.231. The second kappa shape index (κ2) is 9.67. The standard InChI is InChI=1S/C26H31NO2SSi/c1-22-15-17-26(18-16-22)30(28,29)27(20-24-13-9-6-10-14-24)25(21-31(2,3)4)19-23-11-7-5-8-12-23/h5-18,21H,19-20H2,1-4H3/b25-21+. The quantitative estimate of drug-likeness (QED) is 0.385. The van der Waals surface area contributed by atoms with E-state index in [0.717, 1.165) is 22.4 Å². The molecule has 0 amide bonds. The minimum absolute atomic E-state index is 0.306. The van der Waals surface area contributed by atoms with Gasteiger partial charge in [-0.05, 0) is 30.2 Å². The van der Waals surface area contributed by atoms with Crippen molar-refractivity contribution in [1.29, 1.82) is 0 Å². The Balaban J connectivity index is 2.13. The summed E-state index contributed by atoms with van der Waals surface area (Å²) in [7, 11) is -5.43. The second-order valence-electron chi connectivity index (χ2n) is 8.97. The molecule has 3 aromatic carbocycles. The molecule has 0 unspecified atom stereocenters. The fourth-order valence-corrected chi connectivity index (χ4v) is 6.27. The van der Waals surface area contributed by atoms with Crippen molar-refractivity contribution in [3.8, 4) is 0 Å². The zero-order chi connectivity index (χ0) is 22.5. The van der Waals surface area contributed by atoms with Crippen LogP contribution in [0.4, 0.5) is 0 Å². The first kappa shape index (κ1) is 23.0. The zero-order valence-corrected chi connectivity index (χ0v) is 20.6. The molecule has 0 aliphatic carbocycles. The molecule has 0 saturated carbocycles. The topological polar surface area (TPSA) is 37.4 Å². The van der Waals surface area contributed by atoms with Crippen LogP contribution in [0.25, 0.3) is 0 Å². The molecule has 3 aromatic rings. The van der Waals surface area contributed by atoms with Crippen LogP contribution in [-0.4, -0.2) is 20.8 Å². The number of aryl methyl sites for hydroxylation is 1. The van der Waals surface area contributed by atoms with Crippen molar-refractivity contribution in [2.75, 3.05) is 0 Å². The Morgan fingerprint density at radius 2 is 1.32 bits per heavy atom. The Labute approximate surface area is 188 Å². The minimum atomic E-state index is -3.72. The van der Waals surface area contributed by atoms with E-state index in [1.807, 2.05) is 67.6 Å². The Hall–Kier alpha value is -2.63. The highest BCUT2D eigenvalue weighted by Gasteiger charge is 2.28. The molecule has 3 nitrogen and oxygen atoms in total. The number of allylic oxidation sites excluding steroid dienone is 1. The van der Waals surface area contributed by atoms with Crippen molar-refractivity contribution in [3.63, 3.8) is 0 Å². The maximum atomic E-state index is 13.9. The van der Waals surface area contributed by atoms with E-state index < -0.39 is 18.1 Å². The van der Waals surface area contributed by atoms with Crippen LogP contribution < -0.4 is 0 Å². The lowest BCUT2D eigenvalue weighted by atomic mass is 10.1. The minimum Gasteiger partial charge on any atom is -0.266 e. The maximum Gasteiger partial charge on any atom is 0.264 e. The van der Waals surface area contributed by atoms with Gasteiger partial charge in [0.2, 0.25) is 0 Å². The van der Waals surface area contributed by atoms with Gasteiger partial charge in [0, 0.05) is 12.1 Å². The van der Waals surface area contributed by atoms with Crippen LogP contribution in [0.1, 0.15) is 16.7 Å². The van der Waals surface area contributed by atoms with E-state index in [1.165, 1.54) is 0 Å². The summed E-state index contributed by atoms with van der Waals surface area (Å²) in [4.78, 5) is 0.323. The first-order valence-electron chi connectivity index (χ1n) is 10.5. The van der Waals surface area contributed by atoms with Crippen molar-refractivity contribution < 1.29 is 8.42 Å². The molecule has 0 spiro atoms. The summed E-state index contributed by atoms with van der Waals surface area (Å²) in [6, 6.07) is 27.0. The summed E-state index contributed by atoms with van der Waals surface area (Å²) < 4.78 is 29.3. The molecule has 5 heteroatoms. The van der Waals surface area contributed by atoms with E-state index in [9.17, 15) is 8.42 Å². The van der Waals surface area contributed by atoms with Gasteiger partial charge in [0.25, 0.3) is 10.0 Å². The van der Waals surface area contributed by atoms with E-state index in [4.69, 9.17) is 0 Å². The smallest absolute Gasteiger partial charge is 0.264 e. The summed E-state index contributed by atoms with van der Waals surface area (Å²) in [6.45, 7) is 8.97. The summed E-state index contributed by atoms with van der Waals surface area (Å²) in [6.07, 6.45) is 0.572. The van der Waals surface area contributed by atoms with E-state index in [0.29, 0.717) is 17.9 Å².